The van der Waals surface area contributed by atoms with Crippen LogP contribution in [0.25, 0.3) is 12.2 Å². The summed E-state index contributed by atoms with van der Waals surface area (Å²) in [5, 5.41) is 1.63. The van der Waals surface area contributed by atoms with Crippen LogP contribution < -0.4 is 15.4 Å². The molecule has 6 heteroatoms. The summed E-state index contributed by atoms with van der Waals surface area (Å²) in [7, 11) is 0. The lowest BCUT2D eigenvalue weighted by molar-refractivity contribution is -0.104. The Morgan fingerprint density at radius 1 is 1.27 bits per heavy atom. The highest BCUT2D eigenvalue weighted by atomic mass is 35.5. The third-order valence-corrected chi connectivity index (χ3v) is 5.68. The van der Waals surface area contributed by atoms with E-state index in [4.69, 9.17) is 16.3 Å². The highest BCUT2D eigenvalue weighted by Crippen LogP contribution is 2.16. The van der Waals surface area contributed by atoms with Crippen molar-refractivity contribution in [2.45, 2.75) is 32.3 Å². The van der Waals surface area contributed by atoms with Crippen molar-refractivity contribution in [3.8, 4) is 6.01 Å². The van der Waals surface area contributed by atoms with E-state index in [-0.39, 0.29) is 6.10 Å². The average Bonchev–Trinajstić information content (AvgIpc) is 3.11. The minimum atomic E-state index is -0.329. The Labute approximate surface area is 200 Å². The first-order valence-electron chi connectivity index (χ1n) is 11.1. The average molecular weight is 464 g/mol. The van der Waals surface area contributed by atoms with Crippen LogP contribution in [0, 0.1) is 11.8 Å². The minimum absolute atomic E-state index is 0.308. The first kappa shape index (κ1) is 24.5. The van der Waals surface area contributed by atoms with Gasteiger partial charge in [0.25, 0.3) is 6.01 Å². The molecule has 0 radical (unpaired) electrons. The number of carbonyl (C=O) groups excluding carboxylic acids is 1. The number of nitrogens with zero attached hydrogens (tertiary/aromatic N) is 2. The number of allylic oxidation sites excluding steroid dienone is 8. The van der Waals surface area contributed by atoms with Gasteiger partial charge in [-0.3, -0.25) is 9.79 Å². The van der Waals surface area contributed by atoms with Crippen LogP contribution in [0.5, 0.6) is 6.01 Å². The van der Waals surface area contributed by atoms with Gasteiger partial charge in [0.15, 0.2) is 0 Å². The zero-order chi connectivity index (χ0) is 23.5. The number of nitrogens with one attached hydrogen (secondary N) is 1. The number of aldehydes is 1. The van der Waals surface area contributed by atoms with Crippen molar-refractivity contribution in [3.05, 3.63) is 83.2 Å². The van der Waals surface area contributed by atoms with Crippen LogP contribution in [0.3, 0.4) is 0 Å². The fourth-order valence-corrected chi connectivity index (χ4v) is 3.64. The lowest BCUT2D eigenvalue weighted by Crippen LogP contribution is -2.24. The van der Waals surface area contributed by atoms with Gasteiger partial charge in [0.1, 0.15) is 12.4 Å². The van der Waals surface area contributed by atoms with E-state index >= 15 is 0 Å². The number of carbonyl (C=O) groups is 1. The van der Waals surface area contributed by atoms with Crippen LogP contribution in [0.1, 0.15) is 26.2 Å². The molecule has 0 amide bonds. The summed E-state index contributed by atoms with van der Waals surface area (Å²) in [6, 6.07) is 0.407. The van der Waals surface area contributed by atoms with Gasteiger partial charge in [-0.2, -0.15) is 4.98 Å². The minimum Gasteiger partial charge on any atom is -0.453 e. The molecule has 0 spiro atoms. The highest BCUT2D eigenvalue weighted by Gasteiger charge is 2.10. The van der Waals surface area contributed by atoms with Crippen molar-refractivity contribution in [1.29, 1.82) is 0 Å². The van der Waals surface area contributed by atoms with Gasteiger partial charge in [-0.05, 0) is 55.9 Å². The number of imidazole rings is 1. The van der Waals surface area contributed by atoms with Gasteiger partial charge in [0.05, 0.1) is 10.7 Å². The number of aliphatic imine (C=N–C) groups is 1. The summed E-state index contributed by atoms with van der Waals surface area (Å²) < 4.78 is 5.99. The molecule has 2 aliphatic rings. The van der Waals surface area contributed by atoms with Gasteiger partial charge in [0, 0.05) is 29.8 Å². The maximum absolute atomic E-state index is 11.2. The maximum Gasteiger partial charge on any atom is 0.295 e. The van der Waals surface area contributed by atoms with Crippen LogP contribution in [0.15, 0.2) is 77.5 Å². The molecule has 0 saturated carbocycles. The summed E-state index contributed by atoms with van der Waals surface area (Å²) >= 11 is 5.95. The molecule has 3 rings (SSSR count). The molecule has 1 aromatic heterocycles. The van der Waals surface area contributed by atoms with Crippen molar-refractivity contribution < 1.29 is 9.53 Å². The lowest BCUT2D eigenvalue weighted by atomic mass is 9.98. The Morgan fingerprint density at radius 3 is 2.85 bits per heavy atom. The van der Waals surface area contributed by atoms with Crippen LogP contribution >= 0.6 is 11.6 Å². The van der Waals surface area contributed by atoms with Gasteiger partial charge in [-0.25, -0.2) is 0 Å². The van der Waals surface area contributed by atoms with Gasteiger partial charge >= 0.3 is 0 Å². The van der Waals surface area contributed by atoms with Gasteiger partial charge in [-0.15, -0.1) is 18.2 Å². The normalized spacial score (nSPS) is 22.2. The van der Waals surface area contributed by atoms with Crippen molar-refractivity contribution in [1.82, 2.24) is 9.97 Å². The van der Waals surface area contributed by atoms with Gasteiger partial charge in [0.2, 0.25) is 0 Å². The molecule has 0 aromatic carbocycles. The summed E-state index contributed by atoms with van der Waals surface area (Å²) in [6.45, 7) is 5.89. The fraction of sp³-hybridized carbons (Fsp3) is 0.296. The van der Waals surface area contributed by atoms with Crippen molar-refractivity contribution >= 4 is 36.3 Å². The Balaban J connectivity index is 1.68. The van der Waals surface area contributed by atoms with E-state index in [1.807, 2.05) is 49.7 Å². The predicted octanol–water partition coefficient (Wildman–Crippen LogP) is 4.34. The molecule has 1 aromatic rings. The molecule has 1 aliphatic heterocycles. The maximum atomic E-state index is 11.2. The third-order valence-electron chi connectivity index (χ3n) is 5.52. The molecular weight excluding hydrogens is 434 g/mol. The van der Waals surface area contributed by atoms with Crippen LogP contribution in [0.2, 0.25) is 0 Å². The number of halogens is 1. The molecule has 172 valence electrons. The molecule has 2 heterocycles. The van der Waals surface area contributed by atoms with Crippen molar-refractivity contribution in [3.63, 3.8) is 0 Å². The number of H-pyrrole nitrogens is 1. The molecule has 5 nitrogen and oxygen atoms in total. The fourth-order valence-electron chi connectivity index (χ4n) is 3.50. The second-order valence-electron chi connectivity index (χ2n) is 7.93. The van der Waals surface area contributed by atoms with Crippen molar-refractivity contribution in [2.24, 2.45) is 16.8 Å². The smallest absolute Gasteiger partial charge is 0.295 e. The number of alkyl halides is 1. The standard InChI is InChI=1S/C27H30ClN3O2/c1-3-21(5-4-6-22-14-17-29-18-15-22)8-12-25-26(13-16-28)31-27(30-25)33-24-10-7-20(2)23(19-32)9-11-24/h3-4,6-7,9-14,17-19,21-22,24H,1,5,8,15-16H2,2H3,(H,30,31)/b6-4+,25-12+,26-13+. The Hall–Kier alpha value is -3.18. The number of aromatic amines is 1. The molecular formula is C27H30ClN3O2. The van der Waals surface area contributed by atoms with E-state index < -0.39 is 0 Å². The molecule has 3 atom stereocenters. The van der Waals surface area contributed by atoms with E-state index in [1.54, 1.807) is 6.08 Å². The first-order valence-corrected chi connectivity index (χ1v) is 11.7. The number of aromatic nitrogens is 2. The molecule has 33 heavy (non-hydrogen) atoms. The van der Waals surface area contributed by atoms with E-state index in [9.17, 15) is 4.79 Å². The van der Waals surface area contributed by atoms with E-state index in [1.165, 1.54) is 0 Å². The molecule has 1 aliphatic carbocycles. The SMILES string of the molecule is C=CC(C/C=C/C1C=CN=CC1)C/C=c1/[nH]c(OC2C=CC(C)=C(C=O)C=C2)n/c1=C/CCl. The largest absolute Gasteiger partial charge is 0.453 e. The summed E-state index contributed by atoms with van der Waals surface area (Å²) in [6.07, 6.45) is 26.9. The Kier molecular flexibility index (Phi) is 9.45. The van der Waals surface area contributed by atoms with E-state index in [2.05, 4.69) is 45.8 Å². The summed E-state index contributed by atoms with van der Waals surface area (Å²) in [5.74, 6) is 1.08. The zero-order valence-electron chi connectivity index (χ0n) is 18.9. The van der Waals surface area contributed by atoms with Crippen LogP contribution in [0.4, 0.5) is 0 Å². The van der Waals surface area contributed by atoms with Gasteiger partial charge in [-0.1, -0.05) is 42.5 Å². The van der Waals surface area contributed by atoms with Crippen LogP contribution in [-0.2, 0) is 4.79 Å². The topological polar surface area (TPSA) is 67.3 Å². The van der Waals surface area contributed by atoms with Crippen molar-refractivity contribution in [2.75, 3.05) is 5.88 Å². The second-order valence-corrected chi connectivity index (χ2v) is 8.24. The number of rotatable bonds is 10. The molecule has 0 bridgehead atoms. The Morgan fingerprint density at radius 2 is 2.12 bits per heavy atom. The Bertz CT molecular complexity index is 1130. The zero-order valence-corrected chi connectivity index (χ0v) is 19.6. The number of ether oxygens (including phenoxy) is 1. The molecule has 0 saturated heterocycles. The summed E-state index contributed by atoms with van der Waals surface area (Å²) in [5.41, 5.74) is 1.54. The number of hydrogen-bond donors (Lipinski definition) is 1. The quantitative estimate of drug-likeness (QED) is 0.319. The molecule has 1 N–H and O–H groups in total. The lowest BCUT2D eigenvalue weighted by Gasteiger charge is -2.09. The van der Waals surface area contributed by atoms with Gasteiger partial charge < -0.3 is 9.72 Å². The van der Waals surface area contributed by atoms with E-state index in [0.29, 0.717) is 29.3 Å². The first-order chi connectivity index (χ1) is 16.1. The molecule has 0 fully saturated rings. The monoisotopic (exact) mass is 463 g/mol. The number of hydrogen-bond acceptors (Lipinski definition) is 4. The third kappa shape index (κ3) is 7.43. The predicted molar refractivity (Wildman–Crippen MR) is 137 cm³/mol. The summed E-state index contributed by atoms with van der Waals surface area (Å²) in [4.78, 5) is 23.1. The van der Waals surface area contributed by atoms with E-state index in [0.717, 1.165) is 41.8 Å². The highest BCUT2D eigenvalue weighted by molar-refractivity contribution is 6.20. The molecule has 3 unspecified atom stereocenters. The second kappa shape index (κ2) is 12.8. The van der Waals surface area contributed by atoms with Crippen LogP contribution in [-0.4, -0.2) is 34.5 Å².